The molecule has 2 aromatic rings. The van der Waals surface area contributed by atoms with Crippen molar-refractivity contribution >= 4 is 33.6 Å². The minimum Gasteiger partial charge on any atom is -0.474 e. The number of rotatable bonds is 5. The molecule has 0 saturated heterocycles. The summed E-state index contributed by atoms with van der Waals surface area (Å²) in [5, 5.41) is 3.96. The van der Waals surface area contributed by atoms with Gasteiger partial charge in [-0.2, -0.15) is 0 Å². The maximum atomic E-state index is 12.0. The largest absolute Gasteiger partial charge is 0.474 e. The second-order valence-electron chi connectivity index (χ2n) is 9.88. The van der Waals surface area contributed by atoms with E-state index in [4.69, 9.17) is 15.2 Å². The van der Waals surface area contributed by atoms with Gasteiger partial charge in [0.05, 0.1) is 5.39 Å². The molecule has 2 aliphatic rings. The highest BCUT2D eigenvalue weighted by atomic mass is 32.1. The first-order valence-electron chi connectivity index (χ1n) is 11.4. The number of nitrogens with zero attached hydrogens (tertiary/aromatic N) is 2. The van der Waals surface area contributed by atoms with Crippen molar-refractivity contribution in [2.45, 2.75) is 89.9 Å². The highest BCUT2D eigenvalue weighted by molar-refractivity contribution is 7.18. The summed E-state index contributed by atoms with van der Waals surface area (Å²) in [6, 6.07) is 0.0959. The van der Waals surface area contributed by atoms with Crippen LogP contribution in [0.5, 0.6) is 5.88 Å². The Morgan fingerprint density at radius 3 is 2.62 bits per heavy atom. The number of carbonyl (C=O) groups excluding carboxylic acids is 2. The highest BCUT2D eigenvalue weighted by Gasteiger charge is 2.29. The van der Waals surface area contributed by atoms with Gasteiger partial charge in [0, 0.05) is 17.3 Å². The van der Waals surface area contributed by atoms with Crippen molar-refractivity contribution in [2.75, 3.05) is 0 Å². The number of nitrogens with one attached hydrogen (secondary N) is 1. The number of primary amides is 1. The van der Waals surface area contributed by atoms with E-state index in [1.807, 2.05) is 20.8 Å². The van der Waals surface area contributed by atoms with Crippen molar-refractivity contribution in [3.05, 3.63) is 16.8 Å². The third-order valence-electron chi connectivity index (χ3n) is 6.07. The lowest BCUT2D eigenvalue weighted by Gasteiger charge is -2.30. The van der Waals surface area contributed by atoms with Crippen LogP contribution in [0.15, 0.2) is 6.33 Å². The zero-order valence-corrected chi connectivity index (χ0v) is 19.8. The summed E-state index contributed by atoms with van der Waals surface area (Å²) < 4.78 is 11.7. The Labute approximate surface area is 192 Å². The summed E-state index contributed by atoms with van der Waals surface area (Å²) in [6.07, 6.45) is 7.72. The average molecular weight is 461 g/mol. The molecule has 1 atom stereocenters. The number of fused-ring (bicyclic) bond motifs is 3. The van der Waals surface area contributed by atoms with Gasteiger partial charge in [-0.15, -0.1) is 11.3 Å². The van der Waals surface area contributed by atoms with Crippen LogP contribution in [0.1, 0.15) is 69.7 Å². The van der Waals surface area contributed by atoms with Crippen LogP contribution in [0.2, 0.25) is 0 Å². The van der Waals surface area contributed by atoms with Crippen molar-refractivity contribution in [3.63, 3.8) is 0 Å². The van der Waals surface area contributed by atoms with Gasteiger partial charge in [0.15, 0.2) is 0 Å². The molecule has 2 amide bonds. The molecule has 2 heterocycles. The van der Waals surface area contributed by atoms with Crippen molar-refractivity contribution < 1.29 is 19.1 Å². The van der Waals surface area contributed by atoms with Crippen LogP contribution >= 0.6 is 11.3 Å². The van der Waals surface area contributed by atoms with Gasteiger partial charge in [0.1, 0.15) is 22.9 Å². The lowest BCUT2D eigenvalue weighted by Crippen LogP contribution is -2.42. The molecule has 0 aromatic carbocycles. The van der Waals surface area contributed by atoms with Crippen molar-refractivity contribution in [1.82, 2.24) is 15.3 Å². The highest BCUT2D eigenvalue weighted by Crippen LogP contribution is 2.41. The number of thiophene rings is 1. The molecule has 0 aliphatic heterocycles. The molecule has 0 bridgehead atoms. The lowest BCUT2D eigenvalue weighted by molar-refractivity contribution is -0.119. The van der Waals surface area contributed by atoms with Crippen LogP contribution in [0, 0.1) is 5.92 Å². The Kier molecular flexibility index (Phi) is 6.55. The van der Waals surface area contributed by atoms with E-state index < -0.39 is 5.60 Å². The molecule has 1 saturated carbocycles. The quantitative estimate of drug-likeness (QED) is 0.699. The van der Waals surface area contributed by atoms with Crippen LogP contribution in [-0.4, -0.2) is 39.7 Å². The SMILES string of the molecule is CC(C)(C)OC(=O)N[C@H]1CC[C@H](Oc2ncnc3sc4c(c23)C[C@H](CC(N)=O)CC4)CC1. The lowest BCUT2D eigenvalue weighted by atomic mass is 9.85. The van der Waals surface area contributed by atoms with E-state index in [9.17, 15) is 9.59 Å². The minimum absolute atomic E-state index is 0.0466. The van der Waals surface area contributed by atoms with Gasteiger partial charge in [-0.25, -0.2) is 14.8 Å². The fourth-order valence-corrected chi connectivity index (χ4v) is 5.83. The monoisotopic (exact) mass is 460 g/mol. The topological polar surface area (TPSA) is 116 Å². The first kappa shape index (κ1) is 22.8. The van der Waals surface area contributed by atoms with E-state index in [0.717, 1.165) is 55.2 Å². The van der Waals surface area contributed by atoms with Crippen LogP contribution in [-0.2, 0) is 22.4 Å². The second-order valence-corrected chi connectivity index (χ2v) is 11.0. The first-order valence-corrected chi connectivity index (χ1v) is 12.2. The number of hydrogen-bond donors (Lipinski definition) is 2. The number of aromatic nitrogens is 2. The number of ether oxygens (including phenoxy) is 2. The maximum absolute atomic E-state index is 12.0. The Bertz CT molecular complexity index is 992. The zero-order chi connectivity index (χ0) is 22.9. The maximum Gasteiger partial charge on any atom is 0.407 e. The molecule has 2 aliphatic carbocycles. The molecular formula is C23H32N4O4S. The third-order valence-corrected chi connectivity index (χ3v) is 7.27. The fourth-order valence-electron chi connectivity index (χ4n) is 4.66. The Morgan fingerprint density at radius 1 is 1.19 bits per heavy atom. The number of hydrogen-bond acceptors (Lipinski definition) is 7. The van der Waals surface area contributed by atoms with Gasteiger partial charge in [-0.05, 0) is 77.2 Å². The van der Waals surface area contributed by atoms with Crippen molar-refractivity contribution in [2.24, 2.45) is 11.7 Å². The van der Waals surface area contributed by atoms with Crippen LogP contribution in [0.4, 0.5) is 4.79 Å². The van der Waals surface area contributed by atoms with Gasteiger partial charge in [-0.3, -0.25) is 4.79 Å². The molecule has 1 fully saturated rings. The predicted molar refractivity (Wildman–Crippen MR) is 123 cm³/mol. The van der Waals surface area contributed by atoms with Crippen LogP contribution < -0.4 is 15.8 Å². The summed E-state index contributed by atoms with van der Waals surface area (Å²) in [6.45, 7) is 5.58. The molecule has 9 heteroatoms. The number of carbonyl (C=O) groups is 2. The normalized spacial score (nSPS) is 23.4. The molecule has 0 radical (unpaired) electrons. The average Bonchev–Trinajstić information content (AvgIpc) is 3.06. The van der Waals surface area contributed by atoms with E-state index in [2.05, 4.69) is 15.3 Å². The molecule has 2 aromatic heterocycles. The van der Waals surface area contributed by atoms with E-state index in [1.54, 1.807) is 17.7 Å². The van der Waals surface area contributed by atoms with E-state index in [-0.39, 0.29) is 30.1 Å². The van der Waals surface area contributed by atoms with E-state index in [0.29, 0.717) is 12.3 Å². The minimum atomic E-state index is -0.501. The first-order chi connectivity index (χ1) is 15.2. The van der Waals surface area contributed by atoms with Gasteiger partial charge >= 0.3 is 6.09 Å². The standard InChI is InChI=1S/C23H32N4O4S/c1-23(2,3)31-22(29)27-14-5-7-15(8-6-14)30-20-19-16-10-13(11-18(24)28)4-9-17(16)32-21(19)26-12-25-20/h12-15H,4-11H2,1-3H3,(H2,24,28)(H,27,29)/t13-,14-,15-/m1/s1. The molecule has 32 heavy (non-hydrogen) atoms. The van der Waals surface area contributed by atoms with E-state index in [1.165, 1.54) is 10.4 Å². The zero-order valence-electron chi connectivity index (χ0n) is 19.0. The molecule has 0 unspecified atom stereocenters. The Hall–Kier alpha value is -2.42. The summed E-state index contributed by atoms with van der Waals surface area (Å²) in [5.74, 6) is 0.651. The molecule has 8 nitrogen and oxygen atoms in total. The molecule has 3 N–H and O–H groups in total. The van der Waals surface area contributed by atoms with E-state index >= 15 is 0 Å². The molecule has 4 rings (SSSR count). The van der Waals surface area contributed by atoms with Crippen LogP contribution in [0.3, 0.4) is 0 Å². The Morgan fingerprint density at radius 2 is 1.94 bits per heavy atom. The van der Waals surface area contributed by atoms with Crippen molar-refractivity contribution in [1.29, 1.82) is 0 Å². The van der Waals surface area contributed by atoms with Gasteiger partial charge in [-0.1, -0.05) is 0 Å². The number of aryl methyl sites for hydroxylation is 1. The summed E-state index contributed by atoms with van der Waals surface area (Å²) in [5.41, 5.74) is 6.16. The van der Waals surface area contributed by atoms with Gasteiger partial charge in [0.2, 0.25) is 11.8 Å². The third kappa shape index (κ3) is 5.49. The number of alkyl carbamates (subject to hydrolysis) is 1. The van der Waals surface area contributed by atoms with Gasteiger partial charge < -0.3 is 20.5 Å². The summed E-state index contributed by atoms with van der Waals surface area (Å²) in [7, 11) is 0. The Balaban J connectivity index is 1.41. The predicted octanol–water partition coefficient (Wildman–Crippen LogP) is 3.89. The number of nitrogens with two attached hydrogens (primary N) is 1. The van der Waals surface area contributed by atoms with Crippen LogP contribution in [0.25, 0.3) is 10.2 Å². The van der Waals surface area contributed by atoms with Gasteiger partial charge in [0.25, 0.3) is 0 Å². The van der Waals surface area contributed by atoms with Crippen molar-refractivity contribution in [3.8, 4) is 5.88 Å². The fraction of sp³-hybridized carbons (Fsp3) is 0.652. The summed E-state index contributed by atoms with van der Waals surface area (Å²) >= 11 is 1.70. The molecular weight excluding hydrogens is 428 g/mol. The summed E-state index contributed by atoms with van der Waals surface area (Å²) in [4.78, 5) is 34.7. The molecule has 174 valence electrons. The smallest absolute Gasteiger partial charge is 0.407 e. The molecule has 0 spiro atoms. The number of amides is 2. The second kappa shape index (κ2) is 9.21.